The Bertz CT molecular complexity index is 419. The van der Waals surface area contributed by atoms with E-state index in [1.165, 1.54) is 0 Å². The molecule has 112 valence electrons. The number of pyridine rings is 1. The van der Waals surface area contributed by atoms with Gasteiger partial charge in [-0.2, -0.15) is 0 Å². The number of aliphatic hydroxyl groups excluding tert-OH is 1. The molecule has 1 aromatic heterocycles. The van der Waals surface area contributed by atoms with Gasteiger partial charge in [0.15, 0.2) is 0 Å². The number of hydrogen-bond donors (Lipinski definition) is 2. The maximum Gasteiger partial charge on any atom is 0.272 e. The number of aliphatic hydroxyl groups is 1. The van der Waals surface area contributed by atoms with E-state index in [0.29, 0.717) is 12.2 Å². The van der Waals surface area contributed by atoms with E-state index in [2.05, 4.69) is 10.3 Å². The number of rotatable bonds is 8. The number of hydrogen-bond acceptors (Lipinski definition) is 4. The second kappa shape index (κ2) is 8.53. The molecule has 5 heteroatoms. The lowest BCUT2D eigenvalue weighted by molar-refractivity contribution is 0.0616. The molecule has 0 spiro atoms. The summed E-state index contributed by atoms with van der Waals surface area (Å²) in [4.78, 5) is 18.5. The Morgan fingerprint density at radius 1 is 1.40 bits per heavy atom. The molecule has 2 N–H and O–H groups in total. The zero-order chi connectivity index (χ0) is 15.0. The van der Waals surface area contributed by atoms with E-state index in [4.69, 9.17) is 0 Å². The van der Waals surface area contributed by atoms with Crippen LogP contribution >= 0.6 is 0 Å². The van der Waals surface area contributed by atoms with Crippen molar-refractivity contribution in [3.8, 4) is 0 Å². The lowest BCUT2D eigenvalue weighted by Crippen LogP contribution is -2.42. The number of carbonyl (C=O) groups excluding carboxylic acids is 1. The van der Waals surface area contributed by atoms with Crippen molar-refractivity contribution >= 4 is 11.6 Å². The first kappa shape index (κ1) is 16.4. The van der Waals surface area contributed by atoms with Gasteiger partial charge in [0.25, 0.3) is 5.91 Å². The fourth-order valence-electron chi connectivity index (χ4n) is 2.30. The summed E-state index contributed by atoms with van der Waals surface area (Å²) < 4.78 is 0. The van der Waals surface area contributed by atoms with Crippen LogP contribution in [-0.4, -0.2) is 46.6 Å². The Labute approximate surface area is 121 Å². The standard InChI is InChI=1S/C15H25N3O2/c1-4-13(5-2)18(9-10-19)15(20)14-11-12(16-6-3)7-8-17-14/h7-8,11,13,19H,4-6,9-10H2,1-3H3,(H,16,17). The molecule has 1 aromatic rings. The van der Waals surface area contributed by atoms with E-state index >= 15 is 0 Å². The highest BCUT2D eigenvalue weighted by molar-refractivity contribution is 5.93. The Balaban J connectivity index is 2.96. The van der Waals surface area contributed by atoms with Gasteiger partial charge in [-0.25, -0.2) is 0 Å². The van der Waals surface area contributed by atoms with E-state index in [1.54, 1.807) is 17.2 Å². The van der Waals surface area contributed by atoms with Crippen molar-refractivity contribution in [1.82, 2.24) is 9.88 Å². The Hall–Kier alpha value is -1.62. The van der Waals surface area contributed by atoms with Crippen LogP contribution in [0.1, 0.15) is 44.1 Å². The molecule has 0 aliphatic rings. The minimum absolute atomic E-state index is 0.0326. The van der Waals surface area contributed by atoms with Crippen LogP contribution in [0.3, 0.4) is 0 Å². The van der Waals surface area contributed by atoms with Gasteiger partial charge >= 0.3 is 0 Å². The van der Waals surface area contributed by atoms with Crippen LogP contribution in [0.4, 0.5) is 5.69 Å². The average Bonchev–Trinajstić information content (AvgIpc) is 2.47. The third kappa shape index (κ3) is 4.20. The van der Waals surface area contributed by atoms with Crippen molar-refractivity contribution in [3.63, 3.8) is 0 Å². The van der Waals surface area contributed by atoms with Crippen LogP contribution in [0.5, 0.6) is 0 Å². The van der Waals surface area contributed by atoms with Gasteiger partial charge in [-0.05, 0) is 31.9 Å². The second-order valence-corrected chi connectivity index (χ2v) is 4.65. The largest absolute Gasteiger partial charge is 0.395 e. The van der Waals surface area contributed by atoms with Gasteiger partial charge in [-0.3, -0.25) is 9.78 Å². The van der Waals surface area contributed by atoms with Gasteiger partial charge in [-0.15, -0.1) is 0 Å². The van der Waals surface area contributed by atoms with Gasteiger partial charge in [-0.1, -0.05) is 13.8 Å². The number of amides is 1. The number of aromatic nitrogens is 1. The molecular formula is C15H25N3O2. The van der Waals surface area contributed by atoms with Crippen LogP contribution in [0.25, 0.3) is 0 Å². The number of anilines is 1. The monoisotopic (exact) mass is 279 g/mol. The first-order valence-electron chi connectivity index (χ1n) is 7.29. The fraction of sp³-hybridized carbons (Fsp3) is 0.600. The molecule has 1 rings (SSSR count). The number of nitrogens with zero attached hydrogens (tertiary/aromatic N) is 2. The van der Waals surface area contributed by atoms with Crippen molar-refractivity contribution in [3.05, 3.63) is 24.0 Å². The molecule has 0 unspecified atom stereocenters. The SMILES string of the molecule is CCNc1ccnc(C(=O)N(CCO)C(CC)CC)c1. The maximum atomic E-state index is 12.6. The molecule has 0 aliphatic heterocycles. The summed E-state index contributed by atoms with van der Waals surface area (Å²) >= 11 is 0. The maximum absolute atomic E-state index is 12.6. The predicted octanol–water partition coefficient (Wildman–Crippen LogP) is 2.14. The third-order valence-electron chi connectivity index (χ3n) is 3.34. The van der Waals surface area contributed by atoms with E-state index in [-0.39, 0.29) is 18.6 Å². The van der Waals surface area contributed by atoms with E-state index in [9.17, 15) is 9.90 Å². The number of carbonyl (C=O) groups is 1. The summed E-state index contributed by atoms with van der Waals surface area (Å²) in [5.74, 6) is -0.118. The van der Waals surface area contributed by atoms with E-state index < -0.39 is 0 Å². The summed E-state index contributed by atoms with van der Waals surface area (Å²) in [6.45, 7) is 7.21. The molecule has 0 atom stereocenters. The summed E-state index contributed by atoms with van der Waals surface area (Å²) in [6.07, 6.45) is 3.37. The van der Waals surface area contributed by atoms with Crippen molar-refractivity contribution < 1.29 is 9.90 Å². The molecule has 0 saturated carbocycles. The summed E-state index contributed by atoms with van der Waals surface area (Å²) in [6, 6.07) is 3.74. The highest BCUT2D eigenvalue weighted by Gasteiger charge is 2.22. The minimum atomic E-state index is -0.118. The average molecular weight is 279 g/mol. The van der Waals surface area contributed by atoms with Crippen LogP contribution in [0, 0.1) is 0 Å². The summed E-state index contributed by atoms with van der Waals surface area (Å²) in [5, 5.41) is 12.4. The predicted molar refractivity (Wildman–Crippen MR) is 80.9 cm³/mol. The normalized spacial score (nSPS) is 10.7. The molecule has 1 amide bonds. The minimum Gasteiger partial charge on any atom is -0.395 e. The third-order valence-corrected chi connectivity index (χ3v) is 3.34. The van der Waals surface area contributed by atoms with Crippen LogP contribution in [0.15, 0.2) is 18.3 Å². The van der Waals surface area contributed by atoms with Gasteiger partial charge in [0.2, 0.25) is 0 Å². The van der Waals surface area contributed by atoms with Crippen molar-refractivity contribution in [2.45, 2.75) is 39.7 Å². The first-order chi connectivity index (χ1) is 9.67. The molecule has 0 aliphatic carbocycles. The Kier molecular flexibility index (Phi) is 7.01. The molecule has 0 radical (unpaired) electrons. The van der Waals surface area contributed by atoms with Gasteiger partial charge in [0, 0.05) is 31.0 Å². The fourth-order valence-corrected chi connectivity index (χ4v) is 2.30. The van der Waals surface area contributed by atoms with Crippen molar-refractivity contribution in [2.24, 2.45) is 0 Å². The molecule has 0 fully saturated rings. The van der Waals surface area contributed by atoms with Crippen molar-refractivity contribution in [2.75, 3.05) is 25.0 Å². The Morgan fingerprint density at radius 2 is 2.10 bits per heavy atom. The van der Waals surface area contributed by atoms with Crippen molar-refractivity contribution in [1.29, 1.82) is 0 Å². The quantitative estimate of drug-likeness (QED) is 0.765. The molecule has 1 heterocycles. The second-order valence-electron chi connectivity index (χ2n) is 4.65. The molecular weight excluding hydrogens is 254 g/mol. The van der Waals surface area contributed by atoms with Crippen LogP contribution in [-0.2, 0) is 0 Å². The zero-order valence-electron chi connectivity index (χ0n) is 12.6. The smallest absolute Gasteiger partial charge is 0.272 e. The van der Waals surface area contributed by atoms with Gasteiger partial charge in [0.1, 0.15) is 5.69 Å². The summed E-state index contributed by atoms with van der Waals surface area (Å²) in [7, 11) is 0. The molecule has 20 heavy (non-hydrogen) atoms. The van der Waals surface area contributed by atoms with Gasteiger partial charge in [0.05, 0.1) is 6.61 Å². The molecule has 5 nitrogen and oxygen atoms in total. The van der Waals surface area contributed by atoms with Crippen LogP contribution < -0.4 is 5.32 Å². The van der Waals surface area contributed by atoms with E-state index in [1.807, 2.05) is 26.8 Å². The highest BCUT2D eigenvalue weighted by Crippen LogP contribution is 2.15. The summed E-state index contributed by atoms with van der Waals surface area (Å²) in [5.41, 5.74) is 1.31. The lowest BCUT2D eigenvalue weighted by atomic mass is 10.1. The molecule has 0 saturated heterocycles. The van der Waals surface area contributed by atoms with E-state index in [0.717, 1.165) is 25.1 Å². The molecule has 0 bridgehead atoms. The van der Waals surface area contributed by atoms with Gasteiger partial charge < -0.3 is 15.3 Å². The lowest BCUT2D eigenvalue weighted by Gasteiger charge is -2.29. The zero-order valence-corrected chi connectivity index (χ0v) is 12.6. The molecule has 0 aromatic carbocycles. The van der Waals surface area contributed by atoms with Crippen LogP contribution in [0.2, 0.25) is 0 Å². The topological polar surface area (TPSA) is 65.5 Å². The Morgan fingerprint density at radius 3 is 2.65 bits per heavy atom. The number of nitrogens with one attached hydrogen (secondary N) is 1. The highest BCUT2D eigenvalue weighted by atomic mass is 16.3. The first-order valence-corrected chi connectivity index (χ1v) is 7.29.